The number of nitrogens with two attached hydrogens (primary N) is 1. The van der Waals surface area contributed by atoms with Crippen LogP contribution < -0.4 is 11.1 Å². The molecule has 1 atom stereocenters. The number of amides is 1. The van der Waals surface area contributed by atoms with Crippen molar-refractivity contribution < 1.29 is 4.79 Å². The molecule has 0 saturated heterocycles. The second kappa shape index (κ2) is 10.9. The highest BCUT2D eigenvalue weighted by Crippen LogP contribution is 2.21. The number of nitrogens with one attached hydrogen (secondary N) is 1. The Labute approximate surface area is 123 Å². The number of carbonyl (C=O) groups excluding carboxylic acids is 1. The molecule has 18 heavy (non-hydrogen) atoms. The third-order valence-electron chi connectivity index (χ3n) is 3.38. The number of carbonyl (C=O) groups is 1. The first kappa shape index (κ1) is 20.3. The zero-order valence-electron chi connectivity index (χ0n) is 11.4. The molecule has 0 aromatic carbocycles. The van der Waals surface area contributed by atoms with Gasteiger partial charge in [0, 0.05) is 19.1 Å². The Balaban J connectivity index is 0. The molecule has 1 saturated carbocycles. The van der Waals surface area contributed by atoms with Crippen LogP contribution in [0.2, 0.25) is 0 Å². The molecule has 0 radical (unpaired) electrons. The van der Waals surface area contributed by atoms with Crippen molar-refractivity contribution in [1.29, 1.82) is 0 Å². The van der Waals surface area contributed by atoms with E-state index in [9.17, 15) is 4.79 Å². The number of hydrogen-bond donors (Lipinski definition) is 2. The van der Waals surface area contributed by atoms with E-state index in [2.05, 4.69) is 17.3 Å². The maximum Gasteiger partial charge on any atom is 0.236 e. The standard InChI is InChI=1S/C12H25N3O.2ClH/c1-10(13)12(16)14-8-9-15(2)11-6-4-3-5-7-11;;/h10-11H,3-9,13H2,1-2H3,(H,14,16);2*1H/t10-;;/m1../s1. The Morgan fingerprint density at radius 2 is 1.89 bits per heavy atom. The molecule has 110 valence electrons. The Morgan fingerprint density at radius 3 is 2.39 bits per heavy atom. The first-order valence-electron chi connectivity index (χ1n) is 6.35. The molecule has 1 rings (SSSR count). The topological polar surface area (TPSA) is 58.4 Å². The second-order valence-corrected chi connectivity index (χ2v) is 4.85. The monoisotopic (exact) mass is 299 g/mol. The molecule has 4 nitrogen and oxygen atoms in total. The Hall–Kier alpha value is -0.0300. The maximum atomic E-state index is 11.2. The van der Waals surface area contributed by atoms with Crippen molar-refractivity contribution in [2.75, 3.05) is 20.1 Å². The highest BCUT2D eigenvalue weighted by atomic mass is 35.5. The molecule has 0 aliphatic heterocycles. The van der Waals surface area contributed by atoms with E-state index in [0.29, 0.717) is 12.6 Å². The van der Waals surface area contributed by atoms with E-state index in [0.717, 1.165) is 6.54 Å². The van der Waals surface area contributed by atoms with Crippen LogP contribution in [0.5, 0.6) is 0 Å². The summed E-state index contributed by atoms with van der Waals surface area (Å²) in [6.45, 7) is 3.33. The van der Waals surface area contributed by atoms with Crippen molar-refractivity contribution in [3.8, 4) is 0 Å². The van der Waals surface area contributed by atoms with Gasteiger partial charge < -0.3 is 16.0 Å². The van der Waals surface area contributed by atoms with Gasteiger partial charge >= 0.3 is 0 Å². The number of rotatable bonds is 5. The Morgan fingerprint density at radius 1 is 1.33 bits per heavy atom. The summed E-state index contributed by atoms with van der Waals surface area (Å²) in [4.78, 5) is 13.6. The van der Waals surface area contributed by atoms with E-state index in [1.807, 2.05) is 0 Å². The summed E-state index contributed by atoms with van der Waals surface area (Å²) in [5.41, 5.74) is 5.47. The van der Waals surface area contributed by atoms with Gasteiger partial charge in [-0.3, -0.25) is 4.79 Å². The van der Waals surface area contributed by atoms with Crippen molar-refractivity contribution in [1.82, 2.24) is 10.2 Å². The molecular weight excluding hydrogens is 273 g/mol. The fourth-order valence-electron chi connectivity index (χ4n) is 2.22. The maximum absolute atomic E-state index is 11.2. The molecule has 0 aromatic rings. The van der Waals surface area contributed by atoms with Crippen molar-refractivity contribution in [2.24, 2.45) is 5.73 Å². The van der Waals surface area contributed by atoms with Crippen molar-refractivity contribution in [2.45, 2.75) is 51.1 Å². The summed E-state index contributed by atoms with van der Waals surface area (Å²) in [6.07, 6.45) is 6.68. The predicted octanol–water partition coefficient (Wildman–Crippen LogP) is 1.56. The van der Waals surface area contributed by atoms with Gasteiger partial charge in [0.1, 0.15) is 0 Å². The highest BCUT2D eigenvalue weighted by Gasteiger charge is 2.17. The first-order chi connectivity index (χ1) is 7.61. The number of nitrogens with zero attached hydrogens (tertiary/aromatic N) is 1. The van der Waals surface area contributed by atoms with Crippen molar-refractivity contribution >= 4 is 30.7 Å². The third kappa shape index (κ3) is 7.41. The quantitative estimate of drug-likeness (QED) is 0.810. The first-order valence-corrected chi connectivity index (χ1v) is 6.35. The Kier molecular flexibility index (Phi) is 12.2. The van der Waals surface area contributed by atoms with Crippen LogP contribution in [0.4, 0.5) is 0 Å². The normalized spacial score (nSPS) is 17.6. The van der Waals surface area contributed by atoms with Crippen LogP contribution >= 0.6 is 24.8 Å². The summed E-state index contributed by atoms with van der Waals surface area (Å²) < 4.78 is 0. The van der Waals surface area contributed by atoms with Gasteiger partial charge in [-0.1, -0.05) is 19.3 Å². The van der Waals surface area contributed by atoms with Gasteiger partial charge in [-0.2, -0.15) is 0 Å². The fourth-order valence-corrected chi connectivity index (χ4v) is 2.22. The average Bonchev–Trinajstić information content (AvgIpc) is 2.29. The van der Waals surface area contributed by atoms with Gasteiger partial charge in [-0.15, -0.1) is 24.8 Å². The molecule has 0 heterocycles. The molecule has 1 aliphatic carbocycles. The lowest BCUT2D eigenvalue weighted by Crippen LogP contribution is -2.43. The van der Waals surface area contributed by atoms with Gasteiger partial charge in [0.05, 0.1) is 6.04 Å². The summed E-state index contributed by atoms with van der Waals surface area (Å²) in [5, 5.41) is 2.85. The van der Waals surface area contributed by atoms with Crippen molar-refractivity contribution in [3.05, 3.63) is 0 Å². The zero-order valence-corrected chi connectivity index (χ0v) is 13.0. The largest absolute Gasteiger partial charge is 0.353 e. The van der Waals surface area contributed by atoms with Crippen LogP contribution in [0.3, 0.4) is 0 Å². The lowest BCUT2D eigenvalue weighted by atomic mass is 9.94. The summed E-state index contributed by atoms with van der Waals surface area (Å²) in [7, 11) is 2.15. The van der Waals surface area contributed by atoms with E-state index >= 15 is 0 Å². The highest BCUT2D eigenvalue weighted by molar-refractivity contribution is 5.85. The van der Waals surface area contributed by atoms with E-state index in [1.54, 1.807) is 6.92 Å². The minimum absolute atomic E-state index is 0. The van der Waals surface area contributed by atoms with E-state index in [-0.39, 0.29) is 30.7 Å². The van der Waals surface area contributed by atoms with Gasteiger partial charge in [-0.25, -0.2) is 0 Å². The average molecular weight is 300 g/mol. The molecule has 3 N–H and O–H groups in total. The Bertz CT molecular complexity index is 221. The van der Waals surface area contributed by atoms with Crippen LogP contribution in [-0.2, 0) is 4.79 Å². The van der Waals surface area contributed by atoms with Gasteiger partial charge in [0.25, 0.3) is 0 Å². The number of hydrogen-bond acceptors (Lipinski definition) is 3. The minimum Gasteiger partial charge on any atom is -0.353 e. The van der Waals surface area contributed by atoms with Crippen LogP contribution in [0, 0.1) is 0 Å². The molecule has 6 heteroatoms. The molecule has 0 aromatic heterocycles. The molecule has 1 aliphatic rings. The van der Waals surface area contributed by atoms with Gasteiger partial charge in [0.2, 0.25) is 5.91 Å². The van der Waals surface area contributed by atoms with Crippen LogP contribution in [0.1, 0.15) is 39.0 Å². The lowest BCUT2D eigenvalue weighted by molar-refractivity contribution is -0.122. The molecule has 0 unspecified atom stereocenters. The summed E-state index contributed by atoms with van der Waals surface area (Å²) in [5.74, 6) is -0.0583. The predicted molar refractivity (Wildman–Crippen MR) is 80.7 cm³/mol. The lowest BCUT2D eigenvalue weighted by Gasteiger charge is -2.31. The third-order valence-corrected chi connectivity index (χ3v) is 3.38. The van der Waals surface area contributed by atoms with Crippen LogP contribution in [-0.4, -0.2) is 43.0 Å². The number of likely N-dealkylation sites (N-methyl/N-ethyl adjacent to an activating group) is 1. The smallest absolute Gasteiger partial charge is 0.236 e. The summed E-state index contributed by atoms with van der Waals surface area (Å²) >= 11 is 0. The zero-order chi connectivity index (χ0) is 12.0. The minimum atomic E-state index is -0.403. The molecule has 0 bridgehead atoms. The van der Waals surface area contributed by atoms with Gasteiger partial charge in [0.15, 0.2) is 0 Å². The summed E-state index contributed by atoms with van der Waals surface area (Å²) in [6, 6.07) is 0.306. The van der Waals surface area contributed by atoms with Crippen molar-refractivity contribution in [3.63, 3.8) is 0 Å². The number of halogens is 2. The van der Waals surface area contributed by atoms with E-state index in [1.165, 1.54) is 32.1 Å². The molecular formula is C12H27Cl2N3O. The van der Waals surface area contributed by atoms with Crippen LogP contribution in [0.25, 0.3) is 0 Å². The molecule has 1 fully saturated rings. The van der Waals surface area contributed by atoms with E-state index in [4.69, 9.17) is 5.73 Å². The molecule has 1 amide bonds. The second-order valence-electron chi connectivity index (χ2n) is 4.85. The SMILES string of the molecule is C[C@@H](N)C(=O)NCCN(C)C1CCCCC1.Cl.Cl. The van der Waals surface area contributed by atoms with Gasteiger partial charge in [-0.05, 0) is 26.8 Å². The fraction of sp³-hybridized carbons (Fsp3) is 0.917. The van der Waals surface area contributed by atoms with Crippen LogP contribution in [0.15, 0.2) is 0 Å². The molecule has 0 spiro atoms. The van der Waals surface area contributed by atoms with E-state index < -0.39 is 6.04 Å².